The van der Waals surface area contributed by atoms with Gasteiger partial charge in [-0.25, -0.2) is 0 Å². The molecule has 0 bridgehead atoms. The molecule has 1 atom stereocenters. The van der Waals surface area contributed by atoms with Gasteiger partial charge in [0.25, 0.3) is 0 Å². The number of rotatable bonds is 3. The highest BCUT2D eigenvalue weighted by Crippen LogP contribution is 2.41. The van der Waals surface area contributed by atoms with Crippen molar-refractivity contribution in [2.45, 2.75) is 31.7 Å². The summed E-state index contributed by atoms with van der Waals surface area (Å²) in [5.74, 6) is 0.909. The van der Waals surface area contributed by atoms with E-state index in [1.165, 1.54) is 38.8 Å². The molecule has 0 spiro atoms. The Kier molecular flexibility index (Phi) is 7.70. The number of nitrogens with one attached hydrogen (secondary N) is 1. The topological polar surface area (TPSA) is 15.3 Å². The molecule has 1 aliphatic heterocycles. The zero-order chi connectivity index (χ0) is 11.5. The van der Waals surface area contributed by atoms with Gasteiger partial charge in [-0.3, -0.25) is 4.90 Å². The van der Waals surface area contributed by atoms with Crippen LogP contribution in [0.25, 0.3) is 0 Å². The van der Waals surface area contributed by atoms with Gasteiger partial charge in [0.15, 0.2) is 0 Å². The molecule has 1 N–H and O–H groups in total. The van der Waals surface area contributed by atoms with Crippen molar-refractivity contribution in [1.82, 2.24) is 10.2 Å². The molecule has 0 amide bonds. The lowest BCUT2D eigenvalue weighted by atomic mass is 9.94. The second-order valence-corrected chi connectivity index (χ2v) is 6.27. The first-order valence-electron chi connectivity index (χ1n) is 6.93. The second kappa shape index (κ2) is 8.48. The second-order valence-electron chi connectivity index (χ2n) is 5.29. The van der Waals surface area contributed by atoms with E-state index in [0.29, 0.717) is 6.04 Å². The maximum atomic E-state index is 3.47. The molecule has 1 aromatic rings. The molecule has 2 fully saturated rings. The maximum absolute atomic E-state index is 3.47. The zero-order valence-electron chi connectivity index (χ0n) is 11.2. The van der Waals surface area contributed by atoms with Crippen LogP contribution in [0.1, 0.15) is 36.6 Å². The number of piperazine rings is 1. The van der Waals surface area contributed by atoms with Crippen molar-refractivity contribution in [3.63, 3.8) is 0 Å². The van der Waals surface area contributed by atoms with Gasteiger partial charge in [0, 0.05) is 37.1 Å². The highest BCUT2D eigenvalue weighted by atomic mass is 35.5. The summed E-state index contributed by atoms with van der Waals surface area (Å²) < 4.78 is 0. The van der Waals surface area contributed by atoms with E-state index in [0.717, 1.165) is 19.0 Å². The average molecular weight is 323 g/mol. The molecule has 1 saturated carbocycles. The third kappa shape index (κ3) is 4.08. The largest absolute Gasteiger partial charge is 0.314 e. The standard InChI is InChI=1S/C14H22N2S.2ClH/c1-2-5-12(4-1)14(13-6-3-11-17-13)16-9-7-15-8-10-16;;/h3,6,11-12,14-15H,1-2,4-5,7-10H2;2*1H/t14-;;/m0../s1. The molecular weight excluding hydrogens is 299 g/mol. The first kappa shape index (κ1) is 17.3. The minimum absolute atomic E-state index is 0. The van der Waals surface area contributed by atoms with Crippen molar-refractivity contribution < 1.29 is 0 Å². The zero-order valence-corrected chi connectivity index (χ0v) is 13.7. The van der Waals surface area contributed by atoms with Gasteiger partial charge in [0.1, 0.15) is 0 Å². The molecule has 2 heterocycles. The Bertz CT molecular complexity index is 333. The highest BCUT2D eigenvalue weighted by molar-refractivity contribution is 7.10. The van der Waals surface area contributed by atoms with Gasteiger partial charge in [0.05, 0.1) is 0 Å². The van der Waals surface area contributed by atoms with Crippen molar-refractivity contribution in [2.75, 3.05) is 26.2 Å². The van der Waals surface area contributed by atoms with Crippen LogP contribution in [0.4, 0.5) is 0 Å². The molecule has 2 aliphatic rings. The van der Waals surface area contributed by atoms with Crippen LogP contribution in [0.5, 0.6) is 0 Å². The van der Waals surface area contributed by atoms with E-state index >= 15 is 0 Å². The summed E-state index contributed by atoms with van der Waals surface area (Å²) in [7, 11) is 0. The number of halogens is 2. The van der Waals surface area contributed by atoms with Gasteiger partial charge in [0.2, 0.25) is 0 Å². The maximum Gasteiger partial charge on any atom is 0.0470 e. The number of hydrogen-bond acceptors (Lipinski definition) is 3. The predicted molar refractivity (Wildman–Crippen MR) is 88.0 cm³/mol. The van der Waals surface area contributed by atoms with E-state index in [1.54, 1.807) is 4.88 Å². The molecule has 1 saturated heterocycles. The van der Waals surface area contributed by atoms with Crippen molar-refractivity contribution in [2.24, 2.45) is 5.92 Å². The lowest BCUT2D eigenvalue weighted by Gasteiger charge is -2.37. The SMILES string of the molecule is Cl.Cl.c1csc([C@H](C2CCCC2)N2CCNCC2)c1. The molecule has 0 unspecified atom stereocenters. The molecule has 3 rings (SSSR count). The Morgan fingerprint density at radius 1 is 1.16 bits per heavy atom. The molecule has 1 aliphatic carbocycles. The quantitative estimate of drug-likeness (QED) is 0.912. The van der Waals surface area contributed by atoms with E-state index in [1.807, 2.05) is 11.3 Å². The molecule has 5 heteroatoms. The van der Waals surface area contributed by atoms with Gasteiger partial charge in [-0.15, -0.1) is 36.2 Å². The monoisotopic (exact) mass is 322 g/mol. The lowest BCUT2D eigenvalue weighted by Crippen LogP contribution is -2.46. The minimum Gasteiger partial charge on any atom is -0.314 e. The van der Waals surface area contributed by atoms with Crippen LogP contribution < -0.4 is 5.32 Å². The average Bonchev–Trinajstić information content (AvgIpc) is 3.04. The molecule has 0 aromatic carbocycles. The smallest absolute Gasteiger partial charge is 0.0470 e. The van der Waals surface area contributed by atoms with Crippen LogP contribution in [-0.4, -0.2) is 31.1 Å². The molecule has 0 radical (unpaired) electrons. The molecular formula is C14H24Cl2N2S. The summed E-state index contributed by atoms with van der Waals surface area (Å²) in [5.41, 5.74) is 0. The number of hydrogen-bond donors (Lipinski definition) is 1. The number of nitrogens with zero attached hydrogens (tertiary/aromatic N) is 1. The van der Waals surface area contributed by atoms with Crippen molar-refractivity contribution >= 4 is 36.2 Å². The van der Waals surface area contributed by atoms with Crippen LogP contribution in [0.3, 0.4) is 0 Å². The van der Waals surface area contributed by atoms with Crippen LogP contribution in [0, 0.1) is 5.92 Å². The summed E-state index contributed by atoms with van der Waals surface area (Å²) in [5, 5.41) is 5.70. The Morgan fingerprint density at radius 3 is 2.42 bits per heavy atom. The summed E-state index contributed by atoms with van der Waals surface area (Å²) in [6, 6.07) is 5.26. The van der Waals surface area contributed by atoms with Crippen LogP contribution in [0.2, 0.25) is 0 Å². The van der Waals surface area contributed by atoms with Gasteiger partial charge in [-0.2, -0.15) is 0 Å². The van der Waals surface area contributed by atoms with E-state index in [2.05, 4.69) is 27.7 Å². The Balaban J connectivity index is 0.000000902. The van der Waals surface area contributed by atoms with Gasteiger partial charge in [-0.05, 0) is 30.2 Å². The van der Waals surface area contributed by atoms with Crippen LogP contribution in [0.15, 0.2) is 17.5 Å². The predicted octanol–water partition coefficient (Wildman–Crippen LogP) is 3.73. The van der Waals surface area contributed by atoms with Crippen molar-refractivity contribution in [1.29, 1.82) is 0 Å². The molecule has 19 heavy (non-hydrogen) atoms. The third-order valence-corrected chi connectivity index (χ3v) is 5.17. The molecule has 110 valence electrons. The van der Waals surface area contributed by atoms with E-state index in [9.17, 15) is 0 Å². The number of thiophene rings is 1. The third-order valence-electron chi connectivity index (χ3n) is 4.23. The van der Waals surface area contributed by atoms with Crippen molar-refractivity contribution in [3.8, 4) is 0 Å². The lowest BCUT2D eigenvalue weighted by molar-refractivity contribution is 0.128. The fourth-order valence-corrected chi connectivity index (χ4v) is 4.36. The van der Waals surface area contributed by atoms with E-state index in [-0.39, 0.29) is 24.8 Å². The minimum atomic E-state index is 0. The summed E-state index contributed by atoms with van der Waals surface area (Å²) in [6.45, 7) is 4.77. The summed E-state index contributed by atoms with van der Waals surface area (Å²) in [6.07, 6.45) is 5.76. The normalized spacial score (nSPS) is 22.5. The fourth-order valence-electron chi connectivity index (χ4n) is 3.40. The summed E-state index contributed by atoms with van der Waals surface area (Å²) >= 11 is 1.95. The first-order chi connectivity index (χ1) is 8.45. The molecule has 1 aromatic heterocycles. The Hall–Kier alpha value is 0.200. The van der Waals surface area contributed by atoms with Crippen LogP contribution >= 0.6 is 36.2 Å². The Morgan fingerprint density at radius 2 is 1.84 bits per heavy atom. The van der Waals surface area contributed by atoms with Crippen molar-refractivity contribution in [3.05, 3.63) is 22.4 Å². The van der Waals surface area contributed by atoms with Gasteiger partial charge < -0.3 is 5.32 Å². The van der Waals surface area contributed by atoms with Gasteiger partial charge in [-0.1, -0.05) is 18.9 Å². The fraction of sp³-hybridized carbons (Fsp3) is 0.714. The van der Waals surface area contributed by atoms with E-state index < -0.39 is 0 Å². The van der Waals surface area contributed by atoms with Gasteiger partial charge >= 0.3 is 0 Å². The highest BCUT2D eigenvalue weighted by Gasteiger charge is 2.32. The van der Waals surface area contributed by atoms with Crippen LogP contribution in [-0.2, 0) is 0 Å². The first-order valence-corrected chi connectivity index (χ1v) is 7.81. The Labute approximate surface area is 132 Å². The molecule has 2 nitrogen and oxygen atoms in total. The summed E-state index contributed by atoms with van der Waals surface area (Å²) in [4.78, 5) is 4.32. The van der Waals surface area contributed by atoms with E-state index in [4.69, 9.17) is 0 Å².